The van der Waals surface area contributed by atoms with Crippen molar-refractivity contribution in [3.05, 3.63) is 35.2 Å². The molecule has 0 radical (unpaired) electrons. The van der Waals surface area contributed by atoms with Crippen molar-refractivity contribution in [3.8, 4) is 0 Å². The number of rotatable bonds is 4. The second-order valence-electron chi connectivity index (χ2n) is 4.59. The third kappa shape index (κ3) is 3.28. The Morgan fingerprint density at radius 1 is 1.21 bits per heavy atom. The van der Waals surface area contributed by atoms with Crippen LogP contribution in [0.25, 0.3) is 11.0 Å². The molecule has 0 atom stereocenters. The molecule has 0 fully saturated rings. The Kier molecular flexibility index (Phi) is 4.10. The van der Waals surface area contributed by atoms with Gasteiger partial charge in [0.2, 0.25) is 0 Å². The zero-order chi connectivity index (χ0) is 13.8. The first-order chi connectivity index (χ1) is 9.10. The topological polar surface area (TPSA) is 52.1 Å². The van der Waals surface area contributed by atoms with Gasteiger partial charge < -0.3 is 4.74 Å². The third-order valence-electron chi connectivity index (χ3n) is 3.10. The molecule has 2 aromatic rings. The Morgan fingerprint density at radius 2 is 1.89 bits per heavy atom. The average Bonchev–Trinajstić information content (AvgIpc) is 2.38. The molecular weight excluding hydrogens is 240 g/mol. The molecule has 0 saturated heterocycles. The van der Waals surface area contributed by atoms with Crippen molar-refractivity contribution in [1.29, 1.82) is 0 Å². The van der Waals surface area contributed by atoms with Crippen molar-refractivity contribution in [2.45, 2.75) is 33.6 Å². The first-order valence-corrected chi connectivity index (χ1v) is 6.48. The van der Waals surface area contributed by atoms with E-state index in [4.69, 9.17) is 4.74 Å². The zero-order valence-electron chi connectivity index (χ0n) is 11.6. The maximum Gasteiger partial charge on any atom is 0.306 e. The highest BCUT2D eigenvalue weighted by Gasteiger charge is 2.06. The Morgan fingerprint density at radius 3 is 2.58 bits per heavy atom. The summed E-state index contributed by atoms with van der Waals surface area (Å²) in [6.45, 7) is 6.34. The summed E-state index contributed by atoms with van der Waals surface area (Å²) in [6, 6.07) is 4.07. The minimum atomic E-state index is -0.190. The van der Waals surface area contributed by atoms with Gasteiger partial charge in [0.05, 0.1) is 29.8 Å². The molecule has 0 aliphatic heterocycles. The van der Waals surface area contributed by atoms with E-state index in [1.165, 1.54) is 11.1 Å². The van der Waals surface area contributed by atoms with Crippen LogP contribution in [0.3, 0.4) is 0 Å². The summed E-state index contributed by atoms with van der Waals surface area (Å²) in [4.78, 5) is 20.2. The van der Waals surface area contributed by atoms with E-state index in [-0.39, 0.29) is 5.97 Å². The summed E-state index contributed by atoms with van der Waals surface area (Å²) >= 11 is 0. The lowest BCUT2D eigenvalue weighted by atomic mass is 10.1. The van der Waals surface area contributed by atoms with E-state index in [1.54, 1.807) is 13.1 Å². The SMILES string of the molecule is CCOC(=O)CCc1cnc2cc(C)c(C)cc2n1. The predicted molar refractivity (Wildman–Crippen MR) is 74.0 cm³/mol. The van der Waals surface area contributed by atoms with Crippen LogP contribution in [-0.2, 0) is 16.0 Å². The smallest absolute Gasteiger partial charge is 0.306 e. The van der Waals surface area contributed by atoms with Gasteiger partial charge in [-0.2, -0.15) is 0 Å². The van der Waals surface area contributed by atoms with E-state index in [0.29, 0.717) is 19.4 Å². The van der Waals surface area contributed by atoms with Crippen LogP contribution in [0.15, 0.2) is 18.3 Å². The van der Waals surface area contributed by atoms with Gasteiger partial charge >= 0.3 is 5.97 Å². The standard InChI is InChI=1S/C15H18N2O2/c1-4-19-15(18)6-5-12-9-16-13-7-10(2)11(3)8-14(13)17-12/h7-9H,4-6H2,1-3H3. The quantitative estimate of drug-likeness (QED) is 0.791. The van der Waals surface area contributed by atoms with Gasteiger partial charge in [-0.15, -0.1) is 0 Å². The molecule has 19 heavy (non-hydrogen) atoms. The summed E-state index contributed by atoms with van der Waals surface area (Å²) in [6.07, 6.45) is 2.64. The molecule has 0 amide bonds. The van der Waals surface area contributed by atoms with Crippen molar-refractivity contribution in [2.75, 3.05) is 6.61 Å². The highest BCUT2D eigenvalue weighted by molar-refractivity contribution is 5.76. The van der Waals surface area contributed by atoms with Crippen LogP contribution in [-0.4, -0.2) is 22.5 Å². The maximum absolute atomic E-state index is 11.3. The van der Waals surface area contributed by atoms with Crippen LogP contribution in [0.2, 0.25) is 0 Å². The van der Waals surface area contributed by atoms with Gasteiger partial charge in [0.1, 0.15) is 0 Å². The molecule has 0 unspecified atom stereocenters. The molecule has 1 aromatic heterocycles. The Hall–Kier alpha value is -1.97. The van der Waals surface area contributed by atoms with Gasteiger partial charge in [0.15, 0.2) is 0 Å². The summed E-state index contributed by atoms with van der Waals surface area (Å²) < 4.78 is 4.90. The molecule has 0 bridgehead atoms. The van der Waals surface area contributed by atoms with Gasteiger partial charge in [-0.1, -0.05) is 0 Å². The largest absolute Gasteiger partial charge is 0.466 e. The van der Waals surface area contributed by atoms with Crippen LogP contribution in [0, 0.1) is 13.8 Å². The molecule has 0 spiro atoms. The number of aromatic nitrogens is 2. The van der Waals surface area contributed by atoms with Crippen molar-refractivity contribution in [1.82, 2.24) is 9.97 Å². The number of nitrogens with zero attached hydrogens (tertiary/aromatic N) is 2. The molecule has 0 aliphatic rings. The Balaban J connectivity index is 2.17. The lowest BCUT2D eigenvalue weighted by Crippen LogP contribution is -2.06. The van der Waals surface area contributed by atoms with Gasteiger partial charge in [-0.05, 0) is 44.0 Å². The van der Waals surface area contributed by atoms with Crippen molar-refractivity contribution in [2.24, 2.45) is 0 Å². The van der Waals surface area contributed by atoms with Crippen LogP contribution in [0.4, 0.5) is 0 Å². The van der Waals surface area contributed by atoms with E-state index >= 15 is 0 Å². The normalized spacial score (nSPS) is 10.7. The third-order valence-corrected chi connectivity index (χ3v) is 3.10. The molecule has 2 rings (SSSR count). The molecular formula is C15H18N2O2. The van der Waals surface area contributed by atoms with Crippen molar-refractivity contribution < 1.29 is 9.53 Å². The first-order valence-electron chi connectivity index (χ1n) is 6.48. The molecule has 4 nitrogen and oxygen atoms in total. The number of esters is 1. The van der Waals surface area contributed by atoms with Crippen molar-refractivity contribution in [3.63, 3.8) is 0 Å². The maximum atomic E-state index is 11.3. The highest BCUT2D eigenvalue weighted by Crippen LogP contribution is 2.16. The lowest BCUT2D eigenvalue weighted by molar-refractivity contribution is -0.143. The van der Waals surface area contributed by atoms with E-state index in [9.17, 15) is 4.79 Å². The van der Waals surface area contributed by atoms with E-state index < -0.39 is 0 Å². The Bertz CT molecular complexity index is 608. The fraction of sp³-hybridized carbons (Fsp3) is 0.400. The number of benzene rings is 1. The molecule has 1 aromatic carbocycles. The number of fused-ring (bicyclic) bond motifs is 1. The fourth-order valence-electron chi connectivity index (χ4n) is 1.89. The number of hydrogen-bond acceptors (Lipinski definition) is 4. The summed E-state index contributed by atoms with van der Waals surface area (Å²) in [5.41, 5.74) is 5.00. The number of hydrogen-bond donors (Lipinski definition) is 0. The van der Waals surface area contributed by atoms with Gasteiger partial charge in [-0.25, -0.2) is 4.98 Å². The molecule has 100 valence electrons. The van der Waals surface area contributed by atoms with Crippen LogP contribution >= 0.6 is 0 Å². The molecule has 4 heteroatoms. The second-order valence-corrected chi connectivity index (χ2v) is 4.59. The lowest BCUT2D eigenvalue weighted by Gasteiger charge is -2.05. The average molecular weight is 258 g/mol. The van der Waals surface area contributed by atoms with Crippen LogP contribution in [0.1, 0.15) is 30.2 Å². The number of carbonyl (C=O) groups is 1. The summed E-state index contributed by atoms with van der Waals surface area (Å²) in [5, 5.41) is 0. The van der Waals surface area contributed by atoms with E-state index in [2.05, 4.69) is 23.8 Å². The summed E-state index contributed by atoms with van der Waals surface area (Å²) in [7, 11) is 0. The fourth-order valence-corrected chi connectivity index (χ4v) is 1.89. The van der Waals surface area contributed by atoms with Crippen LogP contribution in [0.5, 0.6) is 0 Å². The second kappa shape index (κ2) is 5.78. The van der Waals surface area contributed by atoms with Gasteiger partial charge in [0.25, 0.3) is 0 Å². The molecule has 0 saturated carbocycles. The van der Waals surface area contributed by atoms with Gasteiger partial charge in [0, 0.05) is 12.6 Å². The summed E-state index contributed by atoms with van der Waals surface area (Å²) in [5.74, 6) is -0.190. The minimum Gasteiger partial charge on any atom is -0.466 e. The predicted octanol–water partition coefficient (Wildman–Crippen LogP) is 2.74. The minimum absolute atomic E-state index is 0.190. The molecule has 1 heterocycles. The van der Waals surface area contributed by atoms with E-state index in [0.717, 1.165) is 16.7 Å². The van der Waals surface area contributed by atoms with Crippen molar-refractivity contribution >= 4 is 17.0 Å². The highest BCUT2D eigenvalue weighted by atomic mass is 16.5. The first kappa shape index (κ1) is 13.5. The van der Waals surface area contributed by atoms with Crippen LogP contribution < -0.4 is 0 Å². The van der Waals surface area contributed by atoms with E-state index in [1.807, 2.05) is 12.1 Å². The number of aryl methyl sites for hydroxylation is 3. The molecule has 0 aliphatic carbocycles. The Labute approximate surface area is 112 Å². The molecule has 0 N–H and O–H groups in total. The van der Waals surface area contributed by atoms with Gasteiger partial charge in [-0.3, -0.25) is 9.78 Å². The zero-order valence-corrected chi connectivity index (χ0v) is 11.6. The number of carbonyl (C=O) groups excluding carboxylic acids is 1. The number of ether oxygens (including phenoxy) is 1. The monoisotopic (exact) mass is 258 g/mol.